The molecule has 1 saturated carbocycles. The van der Waals surface area contributed by atoms with Gasteiger partial charge in [-0.2, -0.15) is 9.61 Å². The van der Waals surface area contributed by atoms with Crippen LogP contribution in [0.1, 0.15) is 31.2 Å². The van der Waals surface area contributed by atoms with E-state index in [9.17, 15) is 4.21 Å². The molecule has 2 N–H and O–H groups in total. The van der Waals surface area contributed by atoms with Crippen LogP contribution >= 0.6 is 15.9 Å². The fraction of sp³-hybridized carbons (Fsp3) is 0.421. The van der Waals surface area contributed by atoms with Crippen molar-refractivity contribution in [2.24, 2.45) is 4.36 Å². The fourth-order valence-electron chi connectivity index (χ4n) is 3.53. The van der Waals surface area contributed by atoms with Crippen LogP contribution in [0.25, 0.3) is 5.65 Å². The molecule has 0 bridgehead atoms. The Morgan fingerprint density at radius 3 is 2.90 bits per heavy atom. The smallest absolute Gasteiger partial charge is 0.173 e. The number of hydrogen-bond donors (Lipinski definition) is 2. The van der Waals surface area contributed by atoms with Gasteiger partial charge >= 0.3 is 0 Å². The first-order chi connectivity index (χ1) is 14.6. The molecule has 9 nitrogen and oxygen atoms in total. The highest BCUT2D eigenvalue weighted by Crippen LogP contribution is 2.27. The first kappa shape index (κ1) is 21.0. The van der Waals surface area contributed by atoms with Crippen LogP contribution in [0.2, 0.25) is 0 Å². The van der Waals surface area contributed by atoms with Gasteiger partial charge in [0.2, 0.25) is 0 Å². The Bertz CT molecular complexity index is 1080. The molecule has 3 aromatic rings. The quantitative estimate of drug-likeness (QED) is 0.481. The van der Waals surface area contributed by atoms with E-state index in [2.05, 4.69) is 41.0 Å². The maximum atomic E-state index is 11.5. The number of hydrogen-bond acceptors (Lipinski definition) is 9. The van der Waals surface area contributed by atoms with Gasteiger partial charge in [0.15, 0.2) is 5.65 Å². The van der Waals surface area contributed by atoms with E-state index in [1.807, 2.05) is 24.4 Å². The first-order valence-corrected chi connectivity index (χ1v) is 11.6. The molecule has 3 aromatic heterocycles. The molecule has 1 aliphatic rings. The molecule has 11 heteroatoms. The van der Waals surface area contributed by atoms with E-state index < -0.39 is 10.9 Å². The van der Waals surface area contributed by atoms with Crippen molar-refractivity contribution >= 4 is 44.1 Å². The Balaban J connectivity index is 1.48. The van der Waals surface area contributed by atoms with E-state index in [0.717, 1.165) is 53.0 Å². The number of fused-ring (bicyclic) bond motifs is 1. The van der Waals surface area contributed by atoms with Gasteiger partial charge in [-0.25, -0.2) is 4.98 Å². The summed E-state index contributed by atoms with van der Waals surface area (Å²) in [5, 5.41) is 11.4. The van der Waals surface area contributed by atoms with Gasteiger partial charge in [-0.15, -0.1) is 0 Å². The first-order valence-electron chi connectivity index (χ1n) is 9.73. The van der Waals surface area contributed by atoms with Crippen molar-refractivity contribution in [3.63, 3.8) is 0 Å². The minimum Gasteiger partial charge on any atom is -0.441 e. The predicted octanol–water partition coefficient (Wildman–Crippen LogP) is 3.93. The minimum absolute atomic E-state index is 0.0833. The molecule has 0 atom stereocenters. The van der Waals surface area contributed by atoms with E-state index in [1.54, 1.807) is 16.9 Å². The molecule has 0 aliphatic heterocycles. The van der Waals surface area contributed by atoms with Gasteiger partial charge < -0.3 is 23.4 Å². The van der Waals surface area contributed by atoms with Crippen LogP contribution in [0.15, 0.2) is 45.6 Å². The van der Waals surface area contributed by atoms with Gasteiger partial charge in [-0.3, -0.25) is 4.98 Å². The summed E-state index contributed by atoms with van der Waals surface area (Å²) < 4.78 is 23.0. The van der Waals surface area contributed by atoms with E-state index >= 15 is 0 Å². The van der Waals surface area contributed by atoms with Gasteiger partial charge in [0.05, 0.1) is 10.7 Å². The third-order valence-corrected chi connectivity index (χ3v) is 6.37. The normalized spacial score (nSPS) is 20.3. The zero-order chi connectivity index (χ0) is 20.9. The van der Waals surface area contributed by atoms with Crippen LogP contribution in [0.4, 0.5) is 11.6 Å². The highest BCUT2D eigenvalue weighted by Gasteiger charge is 2.20. The average molecular weight is 493 g/mol. The molecule has 0 aromatic carbocycles. The molecule has 4 rings (SSSR count). The Hall–Kier alpha value is -2.24. The predicted molar refractivity (Wildman–Crippen MR) is 119 cm³/mol. The van der Waals surface area contributed by atoms with Crippen LogP contribution in [-0.2, 0) is 25.8 Å². The van der Waals surface area contributed by atoms with E-state index in [1.165, 1.54) is 7.11 Å². The largest absolute Gasteiger partial charge is 0.441 e. The summed E-state index contributed by atoms with van der Waals surface area (Å²) in [7, 11) is -0.138. The summed E-state index contributed by atoms with van der Waals surface area (Å²) in [6.07, 6.45) is 8.94. The second-order valence-corrected chi connectivity index (χ2v) is 8.94. The summed E-state index contributed by atoms with van der Waals surface area (Å²) in [6, 6.07) is 6.28. The molecule has 3 heterocycles. The summed E-state index contributed by atoms with van der Waals surface area (Å²) in [4.78, 5) is 8.88. The third kappa shape index (κ3) is 5.08. The topological polar surface area (TPSA) is 106 Å². The third-order valence-electron chi connectivity index (χ3n) is 5.05. The van der Waals surface area contributed by atoms with Crippen LogP contribution in [0.5, 0.6) is 0 Å². The lowest BCUT2D eigenvalue weighted by Gasteiger charge is -2.29. The SMILES string of the molecule is CO[S-](=O)=NC1CCC(Nc2cc(NCc3cccnc3)n3ncc(Br)c3n2)CC1. The highest BCUT2D eigenvalue weighted by molar-refractivity contribution is 9.10. The summed E-state index contributed by atoms with van der Waals surface area (Å²) in [6.45, 7) is 0.632. The molecule has 1 fully saturated rings. The zero-order valence-electron chi connectivity index (χ0n) is 16.5. The van der Waals surface area contributed by atoms with Gasteiger partial charge in [0, 0.05) is 44.2 Å². The standard InChI is InChI=1S/C19H23BrN7O2S/c1-29-30(28)26-15-6-4-14(5-7-15)24-17-9-18(22-11-13-3-2-8-21-10-13)27-19(25-17)16(20)12-23-27/h2-3,8-10,12,14-15,22H,4-7,11H2,1H3,(H,24,25)/q-1. The minimum atomic E-state index is -1.54. The number of nitrogens with one attached hydrogen (secondary N) is 2. The van der Waals surface area contributed by atoms with Crippen molar-refractivity contribution in [2.45, 2.75) is 44.3 Å². The zero-order valence-corrected chi connectivity index (χ0v) is 18.9. The van der Waals surface area contributed by atoms with E-state index in [-0.39, 0.29) is 12.1 Å². The van der Waals surface area contributed by atoms with Crippen LogP contribution in [0.3, 0.4) is 0 Å². The maximum Gasteiger partial charge on any atom is 0.173 e. The monoisotopic (exact) mass is 492 g/mol. The molecule has 0 saturated heterocycles. The molecule has 0 unspecified atom stereocenters. The van der Waals surface area contributed by atoms with Crippen molar-refractivity contribution in [1.82, 2.24) is 19.6 Å². The molecule has 0 amide bonds. The molecule has 30 heavy (non-hydrogen) atoms. The Kier molecular flexibility index (Phi) is 6.80. The second-order valence-electron chi connectivity index (χ2n) is 7.11. The van der Waals surface area contributed by atoms with E-state index in [0.29, 0.717) is 6.54 Å². The molecular formula is C19H23BrN7O2S-. The lowest BCUT2D eigenvalue weighted by Crippen LogP contribution is -2.28. The summed E-state index contributed by atoms with van der Waals surface area (Å²) >= 11 is 3.53. The van der Waals surface area contributed by atoms with Crippen molar-refractivity contribution in [1.29, 1.82) is 0 Å². The Labute approximate surface area is 185 Å². The van der Waals surface area contributed by atoms with Crippen LogP contribution in [0, 0.1) is 0 Å². The molecule has 0 spiro atoms. The molecule has 1 aliphatic carbocycles. The lowest BCUT2D eigenvalue weighted by atomic mass is 9.92. The molecule has 160 valence electrons. The van der Waals surface area contributed by atoms with Gasteiger partial charge in [-0.05, 0) is 53.2 Å². The second kappa shape index (κ2) is 9.71. The number of nitrogens with zero attached hydrogens (tertiary/aromatic N) is 5. The lowest BCUT2D eigenvalue weighted by molar-refractivity contribution is 0.399. The molecular weight excluding hydrogens is 470 g/mol. The summed E-state index contributed by atoms with van der Waals surface area (Å²) in [5.41, 5.74) is 1.83. The maximum absolute atomic E-state index is 11.5. The number of aromatic nitrogens is 4. The number of rotatable bonds is 7. The van der Waals surface area contributed by atoms with Gasteiger partial charge in [-0.1, -0.05) is 16.9 Å². The Morgan fingerprint density at radius 2 is 2.17 bits per heavy atom. The summed E-state index contributed by atoms with van der Waals surface area (Å²) in [5.74, 6) is 1.63. The number of halogens is 1. The van der Waals surface area contributed by atoms with Crippen LogP contribution in [-0.4, -0.2) is 38.8 Å². The Morgan fingerprint density at radius 1 is 1.33 bits per heavy atom. The number of anilines is 2. The highest BCUT2D eigenvalue weighted by atomic mass is 79.9. The van der Waals surface area contributed by atoms with Crippen molar-refractivity contribution < 1.29 is 8.39 Å². The van der Waals surface area contributed by atoms with Crippen molar-refractivity contribution in [3.8, 4) is 0 Å². The molecule has 0 radical (unpaired) electrons. The number of pyridine rings is 1. The fourth-order valence-corrected chi connectivity index (χ4v) is 4.42. The average Bonchev–Trinajstić information content (AvgIpc) is 3.15. The van der Waals surface area contributed by atoms with E-state index in [4.69, 9.17) is 9.17 Å². The van der Waals surface area contributed by atoms with Crippen LogP contribution < -0.4 is 10.6 Å². The van der Waals surface area contributed by atoms with Gasteiger partial charge in [0.25, 0.3) is 0 Å². The van der Waals surface area contributed by atoms with Crippen molar-refractivity contribution in [2.75, 3.05) is 17.7 Å². The van der Waals surface area contributed by atoms with Gasteiger partial charge in [0.1, 0.15) is 11.6 Å². The van der Waals surface area contributed by atoms with Crippen molar-refractivity contribution in [3.05, 3.63) is 46.8 Å².